The summed E-state index contributed by atoms with van der Waals surface area (Å²) in [6.07, 6.45) is 1.19. The zero-order chi connectivity index (χ0) is 6.27. The topological polar surface area (TPSA) is 27.7 Å². The molecule has 1 unspecified atom stereocenters. The van der Waals surface area contributed by atoms with Gasteiger partial charge in [-0.15, -0.1) is 0 Å². The van der Waals surface area contributed by atoms with E-state index < -0.39 is 8.38 Å². The van der Waals surface area contributed by atoms with Crippen molar-refractivity contribution in [1.29, 1.82) is 0 Å². The second-order valence-electron chi connectivity index (χ2n) is 2.22. The highest BCUT2D eigenvalue weighted by molar-refractivity contribution is 7.46. The van der Waals surface area contributed by atoms with Crippen LogP contribution in [-0.4, -0.2) is 25.7 Å². The summed E-state index contributed by atoms with van der Waals surface area (Å²) in [7, 11) is -0.623. The molecule has 0 radical (unpaired) electrons. The lowest BCUT2D eigenvalue weighted by atomic mass is 10.3. The molecule has 0 amide bonds. The van der Waals surface area contributed by atoms with E-state index in [-0.39, 0.29) is 12.4 Å². The monoisotopic (exact) mass is 148 g/mol. The first-order valence-corrected chi connectivity index (χ1v) is 4.67. The van der Waals surface area contributed by atoms with E-state index in [2.05, 4.69) is 0 Å². The van der Waals surface area contributed by atoms with E-state index in [1.165, 1.54) is 0 Å². The standard InChI is InChI=1S/C5H9O3P/c1-9-7-4-2-3-6-5(4)8-9/h4-5H,2-3H2,1H3/t4-,5-,9?/m0/s1. The second kappa shape index (κ2) is 2.17. The van der Waals surface area contributed by atoms with Gasteiger partial charge in [-0.25, -0.2) is 0 Å². The summed E-state index contributed by atoms with van der Waals surface area (Å²) in [4.78, 5) is 0. The fraction of sp³-hybridized carbons (Fsp3) is 1.00. The van der Waals surface area contributed by atoms with Gasteiger partial charge in [0.2, 0.25) is 0 Å². The third kappa shape index (κ3) is 0.987. The molecule has 2 fully saturated rings. The number of rotatable bonds is 0. The molecule has 2 heterocycles. The first kappa shape index (κ1) is 6.05. The Bertz CT molecular complexity index is 107. The summed E-state index contributed by atoms with van der Waals surface area (Å²) >= 11 is 0. The third-order valence-electron chi connectivity index (χ3n) is 1.52. The molecular formula is C5H9O3P. The maximum absolute atomic E-state index is 5.40. The molecule has 0 aliphatic carbocycles. The van der Waals surface area contributed by atoms with Crippen LogP contribution in [-0.2, 0) is 13.8 Å². The Kier molecular flexibility index (Phi) is 1.46. The van der Waals surface area contributed by atoms with Gasteiger partial charge in [0.15, 0.2) is 14.7 Å². The summed E-state index contributed by atoms with van der Waals surface area (Å²) in [5.41, 5.74) is 0. The van der Waals surface area contributed by atoms with Gasteiger partial charge in [-0.05, 0) is 0 Å². The Labute approximate surface area is 55.2 Å². The molecule has 52 valence electrons. The lowest BCUT2D eigenvalue weighted by Crippen LogP contribution is -2.15. The maximum Gasteiger partial charge on any atom is 0.190 e. The molecule has 2 aliphatic rings. The van der Waals surface area contributed by atoms with Crippen LogP contribution in [0.1, 0.15) is 6.42 Å². The van der Waals surface area contributed by atoms with Gasteiger partial charge in [-0.3, -0.25) is 0 Å². The van der Waals surface area contributed by atoms with Crippen molar-refractivity contribution < 1.29 is 13.8 Å². The van der Waals surface area contributed by atoms with E-state index >= 15 is 0 Å². The molecule has 0 N–H and O–H groups in total. The lowest BCUT2D eigenvalue weighted by molar-refractivity contribution is -0.0374. The highest BCUT2D eigenvalue weighted by Crippen LogP contribution is 2.48. The molecule has 4 heteroatoms. The number of fused-ring (bicyclic) bond motifs is 1. The van der Waals surface area contributed by atoms with Gasteiger partial charge in [0.1, 0.15) is 6.10 Å². The molecular weight excluding hydrogens is 139 g/mol. The molecule has 2 saturated heterocycles. The SMILES string of the molecule is CP1O[C@@H]2OCC[C@@H]2O1. The van der Waals surface area contributed by atoms with E-state index in [4.69, 9.17) is 13.8 Å². The van der Waals surface area contributed by atoms with E-state index in [0.29, 0.717) is 0 Å². The number of hydrogen-bond acceptors (Lipinski definition) is 3. The van der Waals surface area contributed by atoms with Gasteiger partial charge in [0.25, 0.3) is 0 Å². The van der Waals surface area contributed by atoms with Gasteiger partial charge in [0.05, 0.1) is 6.61 Å². The number of ether oxygens (including phenoxy) is 1. The largest absolute Gasteiger partial charge is 0.350 e. The smallest absolute Gasteiger partial charge is 0.190 e. The summed E-state index contributed by atoms with van der Waals surface area (Å²) in [6, 6.07) is 0. The Balaban J connectivity index is 2.02. The van der Waals surface area contributed by atoms with Crippen molar-refractivity contribution in [3.8, 4) is 0 Å². The van der Waals surface area contributed by atoms with Crippen molar-refractivity contribution in [3.63, 3.8) is 0 Å². The van der Waals surface area contributed by atoms with Crippen LogP contribution in [0.3, 0.4) is 0 Å². The molecule has 2 rings (SSSR count). The Morgan fingerprint density at radius 1 is 1.44 bits per heavy atom. The van der Waals surface area contributed by atoms with Gasteiger partial charge >= 0.3 is 0 Å². The van der Waals surface area contributed by atoms with Crippen molar-refractivity contribution >= 4 is 8.38 Å². The minimum atomic E-state index is -0.623. The van der Waals surface area contributed by atoms with Crippen molar-refractivity contribution in [3.05, 3.63) is 0 Å². The van der Waals surface area contributed by atoms with Crippen LogP contribution >= 0.6 is 8.38 Å². The summed E-state index contributed by atoms with van der Waals surface area (Å²) in [5, 5.41) is 0. The van der Waals surface area contributed by atoms with E-state index in [9.17, 15) is 0 Å². The molecule has 0 aromatic carbocycles. The molecule has 3 nitrogen and oxygen atoms in total. The van der Waals surface area contributed by atoms with Crippen molar-refractivity contribution in [2.45, 2.75) is 18.8 Å². The van der Waals surface area contributed by atoms with Gasteiger partial charge in [-0.2, -0.15) is 0 Å². The lowest BCUT2D eigenvalue weighted by Gasteiger charge is -2.02. The Morgan fingerprint density at radius 3 is 3.11 bits per heavy atom. The van der Waals surface area contributed by atoms with Crippen LogP contribution in [0.5, 0.6) is 0 Å². The number of hydrogen-bond donors (Lipinski definition) is 0. The fourth-order valence-corrected chi connectivity index (χ4v) is 2.23. The predicted octanol–water partition coefficient (Wildman–Crippen LogP) is 1.09. The maximum atomic E-state index is 5.40. The minimum Gasteiger partial charge on any atom is -0.350 e. The molecule has 0 aromatic heterocycles. The van der Waals surface area contributed by atoms with Crippen LogP contribution in [0, 0.1) is 0 Å². The first-order chi connectivity index (χ1) is 4.36. The van der Waals surface area contributed by atoms with E-state index in [1.807, 2.05) is 6.66 Å². The highest BCUT2D eigenvalue weighted by atomic mass is 31.2. The van der Waals surface area contributed by atoms with E-state index in [1.54, 1.807) is 0 Å². The average Bonchev–Trinajstić information content (AvgIpc) is 2.22. The van der Waals surface area contributed by atoms with Crippen LogP contribution in [0.25, 0.3) is 0 Å². The third-order valence-corrected chi connectivity index (χ3v) is 2.60. The summed E-state index contributed by atoms with van der Waals surface area (Å²) in [6.45, 7) is 2.75. The molecule has 2 aliphatic heterocycles. The quantitative estimate of drug-likeness (QED) is 0.481. The van der Waals surface area contributed by atoms with Gasteiger partial charge < -0.3 is 13.8 Å². The Hall–Kier alpha value is 0.310. The van der Waals surface area contributed by atoms with Crippen molar-refractivity contribution in [2.24, 2.45) is 0 Å². The van der Waals surface area contributed by atoms with Gasteiger partial charge in [0, 0.05) is 13.1 Å². The molecule has 0 spiro atoms. The van der Waals surface area contributed by atoms with Gasteiger partial charge in [-0.1, -0.05) is 0 Å². The van der Waals surface area contributed by atoms with Crippen LogP contribution in [0.4, 0.5) is 0 Å². The average molecular weight is 148 g/mol. The molecule has 0 bridgehead atoms. The van der Waals surface area contributed by atoms with Crippen LogP contribution in [0.15, 0.2) is 0 Å². The molecule has 0 aromatic rings. The van der Waals surface area contributed by atoms with Crippen LogP contribution in [0.2, 0.25) is 0 Å². The minimum absolute atomic E-state index is 0.0406. The molecule has 9 heavy (non-hydrogen) atoms. The van der Waals surface area contributed by atoms with Crippen molar-refractivity contribution in [2.75, 3.05) is 13.3 Å². The normalized spacial score (nSPS) is 49.7. The summed E-state index contributed by atoms with van der Waals surface area (Å²) < 4.78 is 15.9. The van der Waals surface area contributed by atoms with Crippen molar-refractivity contribution in [1.82, 2.24) is 0 Å². The fourth-order valence-electron chi connectivity index (χ4n) is 1.11. The highest BCUT2D eigenvalue weighted by Gasteiger charge is 2.39. The summed E-state index contributed by atoms with van der Waals surface area (Å²) in [5.74, 6) is 0. The molecule has 0 saturated carbocycles. The predicted molar refractivity (Wildman–Crippen MR) is 33.2 cm³/mol. The zero-order valence-corrected chi connectivity index (χ0v) is 6.14. The zero-order valence-electron chi connectivity index (χ0n) is 5.24. The Morgan fingerprint density at radius 2 is 2.33 bits per heavy atom. The van der Waals surface area contributed by atoms with E-state index in [0.717, 1.165) is 13.0 Å². The second-order valence-corrected chi connectivity index (χ2v) is 3.52. The van der Waals surface area contributed by atoms with Crippen LogP contribution < -0.4 is 0 Å². The molecule has 3 atom stereocenters. The first-order valence-electron chi connectivity index (χ1n) is 3.05.